The van der Waals surface area contributed by atoms with Gasteiger partial charge in [-0.15, -0.1) is 0 Å². The van der Waals surface area contributed by atoms with E-state index in [1.165, 1.54) is 44.2 Å². The van der Waals surface area contributed by atoms with Crippen LogP contribution in [0.4, 0.5) is 17.1 Å². The fourth-order valence-corrected chi connectivity index (χ4v) is 8.47. The van der Waals surface area contributed by atoms with Gasteiger partial charge in [0.25, 0.3) is 0 Å². The Hall–Kier alpha value is -6.38. The molecule has 0 N–H and O–H groups in total. The number of rotatable bonds is 5. The van der Waals surface area contributed by atoms with E-state index < -0.39 is 0 Å². The first-order valence-electron chi connectivity index (χ1n) is 17.7. The molecule has 0 atom stereocenters. The molecule has 1 heterocycles. The Labute approximate surface area is 297 Å². The Morgan fingerprint density at radius 2 is 1.12 bits per heavy atom. The first-order chi connectivity index (χ1) is 25.1. The average Bonchev–Trinajstić information content (AvgIpc) is 3.67. The molecule has 2 nitrogen and oxygen atoms in total. The molecule has 242 valence electrons. The summed E-state index contributed by atoms with van der Waals surface area (Å²) in [5, 5.41) is 4.68. The number of fused-ring (bicyclic) bond motifs is 7. The lowest BCUT2D eigenvalue weighted by Crippen LogP contribution is -2.16. The van der Waals surface area contributed by atoms with Crippen LogP contribution in [-0.2, 0) is 5.41 Å². The van der Waals surface area contributed by atoms with E-state index >= 15 is 0 Å². The van der Waals surface area contributed by atoms with Gasteiger partial charge in [0.15, 0.2) is 0 Å². The molecule has 0 spiro atoms. The molecule has 0 amide bonds. The minimum Gasteiger partial charge on any atom is -0.455 e. The fourth-order valence-electron chi connectivity index (χ4n) is 8.47. The zero-order valence-electron chi connectivity index (χ0n) is 28.6. The minimum absolute atomic E-state index is 0.0811. The molecule has 1 aromatic heterocycles. The lowest BCUT2D eigenvalue weighted by Gasteiger charge is -2.31. The second kappa shape index (κ2) is 11.3. The maximum atomic E-state index is 6.64. The topological polar surface area (TPSA) is 16.4 Å². The molecule has 0 saturated carbocycles. The third-order valence-electron chi connectivity index (χ3n) is 10.9. The zero-order chi connectivity index (χ0) is 34.1. The minimum atomic E-state index is -0.0811. The summed E-state index contributed by atoms with van der Waals surface area (Å²) < 4.78 is 6.64. The molecule has 2 heteroatoms. The molecule has 0 unspecified atom stereocenters. The van der Waals surface area contributed by atoms with Crippen molar-refractivity contribution in [2.45, 2.75) is 19.3 Å². The molecule has 1 aliphatic rings. The normalized spacial score (nSPS) is 13.1. The number of para-hydroxylation sites is 3. The molecule has 0 saturated heterocycles. The first kappa shape index (κ1) is 29.5. The summed E-state index contributed by atoms with van der Waals surface area (Å²) in [6, 6.07) is 63.7. The van der Waals surface area contributed by atoms with Crippen molar-refractivity contribution in [1.82, 2.24) is 0 Å². The second-order valence-electron chi connectivity index (χ2n) is 14.1. The van der Waals surface area contributed by atoms with Gasteiger partial charge in [0.2, 0.25) is 0 Å². The number of hydrogen-bond acceptors (Lipinski definition) is 2. The summed E-state index contributed by atoms with van der Waals surface area (Å²) in [5.41, 5.74) is 14.9. The van der Waals surface area contributed by atoms with E-state index in [1.807, 2.05) is 6.07 Å². The maximum absolute atomic E-state index is 6.64. The van der Waals surface area contributed by atoms with Crippen LogP contribution in [-0.4, -0.2) is 0 Å². The molecule has 51 heavy (non-hydrogen) atoms. The molecule has 0 fully saturated rings. The summed E-state index contributed by atoms with van der Waals surface area (Å²) in [4.78, 5) is 2.47. The van der Waals surface area contributed by atoms with Gasteiger partial charge in [0, 0.05) is 38.6 Å². The third kappa shape index (κ3) is 4.50. The first-order valence-corrected chi connectivity index (χ1v) is 17.7. The van der Waals surface area contributed by atoms with E-state index in [4.69, 9.17) is 4.42 Å². The van der Waals surface area contributed by atoms with Crippen molar-refractivity contribution in [3.05, 3.63) is 187 Å². The number of nitrogens with zero attached hydrogens (tertiary/aromatic N) is 1. The van der Waals surface area contributed by atoms with E-state index in [2.05, 4.69) is 189 Å². The molecule has 0 radical (unpaired) electrons. The van der Waals surface area contributed by atoms with Crippen LogP contribution < -0.4 is 4.90 Å². The average molecular weight is 654 g/mol. The highest BCUT2D eigenvalue weighted by Gasteiger charge is 2.36. The third-order valence-corrected chi connectivity index (χ3v) is 10.9. The van der Waals surface area contributed by atoms with Crippen molar-refractivity contribution in [2.75, 3.05) is 4.90 Å². The molecule has 10 rings (SSSR count). The molecule has 0 bridgehead atoms. The maximum Gasteiger partial charge on any atom is 0.143 e. The van der Waals surface area contributed by atoms with Crippen molar-refractivity contribution >= 4 is 49.8 Å². The van der Waals surface area contributed by atoms with Crippen LogP contribution in [0.5, 0.6) is 0 Å². The monoisotopic (exact) mass is 653 g/mol. The highest BCUT2D eigenvalue weighted by molar-refractivity contribution is 6.12. The fraction of sp³-hybridized carbons (Fsp3) is 0.0612. The molecular formula is C49H35NO. The quantitative estimate of drug-likeness (QED) is 0.184. The SMILES string of the molecule is CC1(C)c2ccccc2-c2cc(N(c3ccccc3-c3cccc4c3oc3ccccc34)c3ccc4ccccc4c3-c3ccccc3)ccc21. The molecule has 1 aliphatic carbocycles. The van der Waals surface area contributed by atoms with Gasteiger partial charge in [-0.3, -0.25) is 0 Å². The molecular weight excluding hydrogens is 619 g/mol. The lowest BCUT2D eigenvalue weighted by molar-refractivity contribution is 0.660. The van der Waals surface area contributed by atoms with E-state index in [-0.39, 0.29) is 5.41 Å². The highest BCUT2D eigenvalue weighted by Crippen LogP contribution is 2.53. The van der Waals surface area contributed by atoms with Gasteiger partial charge in [-0.1, -0.05) is 159 Å². The summed E-state index contributed by atoms with van der Waals surface area (Å²) in [7, 11) is 0. The number of anilines is 3. The van der Waals surface area contributed by atoms with E-state index in [1.54, 1.807) is 0 Å². The predicted molar refractivity (Wildman–Crippen MR) is 214 cm³/mol. The number of benzene rings is 8. The van der Waals surface area contributed by atoms with Gasteiger partial charge in [0.1, 0.15) is 11.2 Å². The Kier molecular flexibility index (Phi) is 6.56. The van der Waals surface area contributed by atoms with Crippen LogP contribution in [0.25, 0.3) is 66.1 Å². The Balaban J connectivity index is 1.29. The van der Waals surface area contributed by atoms with Gasteiger partial charge in [-0.05, 0) is 68.9 Å². The van der Waals surface area contributed by atoms with Crippen molar-refractivity contribution in [1.29, 1.82) is 0 Å². The van der Waals surface area contributed by atoms with E-state index in [0.29, 0.717) is 0 Å². The van der Waals surface area contributed by atoms with Crippen LogP contribution in [0.3, 0.4) is 0 Å². The number of hydrogen-bond donors (Lipinski definition) is 0. The summed E-state index contributed by atoms with van der Waals surface area (Å²) in [5.74, 6) is 0. The van der Waals surface area contributed by atoms with Crippen LogP contribution in [0.2, 0.25) is 0 Å². The van der Waals surface area contributed by atoms with E-state index in [0.717, 1.165) is 50.1 Å². The molecule has 8 aromatic carbocycles. The largest absolute Gasteiger partial charge is 0.455 e. The lowest BCUT2D eigenvalue weighted by atomic mass is 9.82. The van der Waals surface area contributed by atoms with Crippen molar-refractivity contribution in [3.63, 3.8) is 0 Å². The second-order valence-corrected chi connectivity index (χ2v) is 14.1. The van der Waals surface area contributed by atoms with Crippen LogP contribution >= 0.6 is 0 Å². The van der Waals surface area contributed by atoms with Gasteiger partial charge in [0.05, 0.1) is 11.4 Å². The van der Waals surface area contributed by atoms with Crippen LogP contribution in [0.15, 0.2) is 180 Å². The van der Waals surface area contributed by atoms with Gasteiger partial charge in [-0.25, -0.2) is 0 Å². The predicted octanol–water partition coefficient (Wildman–Crippen LogP) is 13.8. The summed E-state index contributed by atoms with van der Waals surface area (Å²) >= 11 is 0. The van der Waals surface area contributed by atoms with Crippen LogP contribution in [0.1, 0.15) is 25.0 Å². The number of furan rings is 1. The van der Waals surface area contributed by atoms with Crippen molar-refractivity contribution in [2.24, 2.45) is 0 Å². The highest BCUT2D eigenvalue weighted by atomic mass is 16.3. The zero-order valence-corrected chi connectivity index (χ0v) is 28.6. The summed E-state index contributed by atoms with van der Waals surface area (Å²) in [6.07, 6.45) is 0. The van der Waals surface area contributed by atoms with Crippen molar-refractivity contribution in [3.8, 4) is 33.4 Å². The smallest absolute Gasteiger partial charge is 0.143 e. The van der Waals surface area contributed by atoms with Gasteiger partial charge >= 0.3 is 0 Å². The van der Waals surface area contributed by atoms with Gasteiger partial charge in [-0.2, -0.15) is 0 Å². The Morgan fingerprint density at radius 3 is 2.00 bits per heavy atom. The van der Waals surface area contributed by atoms with E-state index in [9.17, 15) is 0 Å². The Morgan fingerprint density at radius 1 is 0.451 bits per heavy atom. The van der Waals surface area contributed by atoms with Crippen LogP contribution in [0, 0.1) is 0 Å². The molecule has 0 aliphatic heterocycles. The van der Waals surface area contributed by atoms with Gasteiger partial charge < -0.3 is 9.32 Å². The Bertz CT molecular complexity index is 2790. The van der Waals surface area contributed by atoms with Crippen molar-refractivity contribution < 1.29 is 4.42 Å². The standard InChI is InChI=1S/C49H35NO/c1-49(2)42-24-11-8-19-36(42)41-31-34(28-29-43(41)49)50(45-30-27-32-15-6-7-18-35(32)47(45)33-16-4-3-5-17-33)44-25-12-9-20-37(44)39-22-14-23-40-38-21-10-13-26-46(38)51-48(39)40/h3-31H,1-2H3. The molecule has 9 aromatic rings. The summed E-state index contributed by atoms with van der Waals surface area (Å²) in [6.45, 7) is 4.68.